The van der Waals surface area contributed by atoms with E-state index >= 15 is 0 Å². The van der Waals surface area contributed by atoms with E-state index in [9.17, 15) is 4.79 Å². The molecule has 0 amide bonds. The average Bonchev–Trinajstić information content (AvgIpc) is 2.37. The zero-order chi connectivity index (χ0) is 14.8. The molecule has 0 bridgehead atoms. The first-order valence-corrected chi connectivity index (χ1v) is 7.42. The molecule has 1 atom stereocenters. The Morgan fingerprint density at radius 3 is 2.75 bits per heavy atom. The second kappa shape index (κ2) is 8.99. The summed E-state index contributed by atoms with van der Waals surface area (Å²) in [6, 6.07) is 0. The van der Waals surface area contributed by atoms with Crippen molar-refractivity contribution in [3.63, 3.8) is 0 Å². The van der Waals surface area contributed by atoms with E-state index in [4.69, 9.17) is 14.2 Å². The van der Waals surface area contributed by atoms with Crippen molar-refractivity contribution in [1.29, 1.82) is 0 Å². The van der Waals surface area contributed by atoms with Gasteiger partial charge in [-0.3, -0.25) is 0 Å². The molecule has 114 valence electrons. The lowest BCUT2D eigenvalue weighted by molar-refractivity contribution is -0.162. The standard InChI is InChI=1S/C16H26O4/c1-16(2,3)20-14(17)10-6-4-5-8-12-18-15-11-7-9-13-19-15/h15H,4-5,7-9,11-13H2,1-3H3. The molecular formula is C16H26O4. The van der Waals surface area contributed by atoms with E-state index in [-0.39, 0.29) is 6.29 Å². The van der Waals surface area contributed by atoms with Crippen molar-refractivity contribution in [1.82, 2.24) is 0 Å². The summed E-state index contributed by atoms with van der Waals surface area (Å²) in [6.45, 7) is 7.00. The Hall–Kier alpha value is -1.05. The fourth-order valence-corrected chi connectivity index (χ4v) is 1.81. The first-order valence-electron chi connectivity index (χ1n) is 7.42. The number of carbonyl (C=O) groups is 1. The maximum absolute atomic E-state index is 11.3. The van der Waals surface area contributed by atoms with Crippen LogP contribution in [0, 0.1) is 11.8 Å². The van der Waals surface area contributed by atoms with E-state index in [0.717, 1.165) is 32.3 Å². The summed E-state index contributed by atoms with van der Waals surface area (Å²) < 4.78 is 16.2. The molecule has 0 spiro atoms. The lowest BCUT2D eigenvalue weighted by Gasteiger charge is -2.22. The smallest absolute Gasteiger partial charge is 0.384 e. The van der Waals surface area contributed by atoms with E-state index in [1.807, 2.05) is 20.8 Å². The minimum absolute atomic E-state index is 0.0170. The summed E-state index contributed by atoms with van der Waals surface area (Å²) in [6.07, 6.45) is 5.85. The van der Waals surface area contributed by atoms with Gasteiger partial charge in [0.05, 0.1) is 0 Å². The van der Waals surface area contributed by atoms with Crippen molar-refractivity contribution in [2.75, 3.05) is 13.2 Å². The number of rotatable bonds is 5. The van der Waals surface area contributed by atoms with Gasteiger partial charge < -0.3 is 14.2 Å². The van der Waals surface area contributed by atoms with Crippen LogP contribution in [0.25, 0.3) is 0 Å². The minimum Gasteiger partial charge on any atom is -0.450 e. The quantitative estimate of drug-likeness (QED) is 0.336. The highest BCUT2D eigenvalue weighted by Crippen LogP contribution is 2.14. The van der Waals surface area contributed by atoms with Crippen LogP contribution in [0.2, 0.25) is 0 Å². The molecule has 0 aromatic heterocycles. The number of ether oxygens (including phenoxy) is 3. The fourth-order valence-electron chi connectivity index (χ4n) is 1.81. The maximum atomic E-state index is 11.3. The largest absolute Gasteiger partial charge is 0.450 e. The maximum Gasteiger partial charge on any atom is 0.384 e. The second-order valence-electron chi connectivity index (χ2n) is 5.93. The average molecular weight is 282 g/mol. The van der Waals surface area contributed by atoms with Crippen LogP contribution in [-0.4, -0.2) is 31.1 Å². The molecule has 0 aromatic rings. The molecule has 1 fully saturated rings. The summed E-state index contributed by atoms with van der Waals surface area (Å²) >= 11 is 0. The molecule has 4 heteroatoms. The van der Waals surface area contributed by atoms with Crippen LogP contribution < -0.4 is 0 Å². The fraction of sp³-hybridized carbons (Fsp3) is 0.812. The van der Waals surface area contributed by atoms with E-state index in [2.05, 4.69) is 11.8 Å². The molecule has 0 aliphatic carbocycles. The monoisotopic (exact) mass is 282 g/mol. The summed E-state index contributed by atoms with van der Waals surface area (Å²) in [5.74, 6) is 4.88. The van der Waals surface area contributed by atoms with Gasteiger partial charge >= 0.3 is 5.97 Å². The molecule has 0 saturated carbocycles. The number of esters is 1. The molecule has 0 radical (unpaired) electrons. The molecule has 20 heavy (non-hydrogen) atoms. The van der Waals surface area contributed by atoms with Crippen LogP contribution in [0.15, 0.2) is 0 Å². The van der Waals surface area contributed by atoms with Gasteiger partial charge in [-0.1, -0.05) is 5.92 Å². The van der Waals surface area contributed by atoms with Crippen molar-refractivity contribution in [3.8, 4) is 11.8 Å². The van der Waals surface area contributed by atoms with Crippen LogP contribution >= 0.6 is 0 Å². The number of unbranched alkanes of at least 4 members (excludes halogenated alkanes) is 2. The third-order valence-corrected chi connectivity index (χ3v) is 2.73. The van der Waals surface area contributed by atoms with E-state index < -0.39 is 11.6 Å². The lowest BCUT2D eigenvalue weighted by Crippen LogP contribution is -2.22. The van der Waals surface area contributed by atoms with Crippen LogP contribution in [0.1, 0.15) is 59.3 Å². The first-order chi connectivity index (χ1) is 9.47. The van der Waals surface area contributed by atoms with Crippen molar-refractivity contribution in [2.45, 2.75) is 71.2 Å². The Morgan fingerprint density at radius 2 is 2.10 bits per heavy atom. The zero-order valence-corrected chi connectivity index (χ0v) is 12.9. The van der Waals surface area contributed by atoms with Crippen molar-refractivity contribution in [3.05, 3.63) is 0 Å². The first kappa shape index (κ1) is 17.0. The minimum atomic E-state index is -0.473. The van der Waals surface area contributed by atoms with Gasteiger partial charge in [-0.15, -0.1) is 0 Å². The third kappa shape index (κ3) is 8.95. The molecule has 1 aliphatic rings. The Kier molecular flexibility index (Phi) is 7.64. The molecule has 0 aromatic carbocycles. The lowest BCUT2D eigenvalue weighted by atomic mass is 10.2. The van der Waals surface area contributed by atoms with E-state index in [1.54, 1.807) is 0 Å². The Balaban J connectivity index is 2.00. The normalized spacial score (nSPS) is 19.1. The summed E-state index contributed by atoms with van der Waals surface area (Å²) in [7, 11) is 0. The highest BCUT2D eigenvalue weighted by molar-refractivity contribution is 5.88. The molecule has 4 nitrogen and oxygen atoms in total. The van der Waals surface area contributed by atoms with Gasteiger partial charge in [0.25, 0.3) is 0 Å². The highest BCUT2D eigenvalue weighted by Gasteiger charge is 2.14. The molecular weight excluding hydrogens is 256 g/mol. The Bertz CT molecular complexity index is 340. The van der Waals surface area contributed by atoms with Crippen molar-refractivity contribution < 1.29 is 19.0 Å². The van der Waals surface area contributed by atoms with E-state index in [1.165, 1.54) is 6.42 Å². The molecule has 1 saturated heterocycles. The van der Waals surface area contributed by atoms with Crippen LogP contribution in [-0.2, 0) is 19.0 Å². The predicted molar refractivity (Wildman–Crippen MR) is 77.0 cm³/mol. The number of carbonyl (C=O) groups excluding carboxylic acids is 1. The topological polar surface area (TPSA) is 44.8 Å². The Morgan fingerprint density at radius 1 is 1.30 bits per heavy atom. The van der Waals surface area contributed by atoms with Crippen molar-refractivity contribution in [2.24, 2.45) is 0 Å². The van der Waals surface area contributed by atoms with Crippen LogP contribution in [0.5, 0.6) is 0 Å². The van der Waals surface area contributed by atoms with Gasteiger partial charge in [0.2, 0.25) is 0 Å². The van der Waals surface area contributed by atoms with Crippen LogP contribution in [0.3, 0.4) is 0 Å². The molecule has 1 aliphatic heterocycles. The molecule has 1 rings (SSSR count). The summed E-state index contributed by atoms with van der Waals surface area (Å²) in [5, 5.41) is 0. The molecule has 0 N–H and O–H groups in total. The second-order valence-corrected chi connectivity index (χ2v) is 5.93. The van der Waals surface area contributed by atoms with E-state index in [0.29, 0.717) is 13.0 Å². The van der Waals surface area contributed by atoms with Gasteiger partial charge in [-0.05, 0) is 52.9 Å². The van der Waals surface area contributed by atoms with Gasteiger partial charge in [0.1, 0.15) is 5.60 Å². The number of hydrogen-bond acceptors (Lipinski definition) is 4. The molecule has 1 unspecified atom stereocenters. The van der Waals surface area contributed by atoms with Crippen LogP contribution in [0.4, 0.5) is 0 Å². The SMILES string of the molecule is CC(C)(C)OC(=O)C#CCCCCOC1CCCCO1. The zero-order valence-electron chi connectivity index (χ0n) is 12.9. The van der Waals surface area contributed by atoms with Gasteiger partial charge in [-0.25, -0.2) is 4.79 Å². The predicted octanol–water partition coefficient (Wildman–Crippen LogP) is 3.05. The highest BCUT2D eigenvalue weighted by atomic mass is 16.7. The van der Waals surface area contributed by atoms with Gasteiger partial charge in [0.15, 0.2) is 6.29 Å². The van der Waals surface area contributed by atoms with Gasteiger partial charge in [-0.2, -0.15) is 0 Å². The Labute approximate surface area is 122 Å². The van der Waals surface area contributed by atoms with Crippen molar-refractivity contribution >= 4 is 5.97 Å². The summed E-state index contributed by atoms with van der Waals surface area (Å²) in [5.41, 5.74) is -0.473. The summed E-state index contributed by atoms with van der Waals surface area (Å²) in [4.78, 5) is 11.3. The number of hydrogen-bond donors (Lipinski definition) is 0. The van der Waals surface area contributed by atoms with Gasteiger partial charge in [0, 0.05) is 25.6 Å². The third-order valence-electron chi connectivity index (χ3n) is 2.73. The molecule has 1 heterocycles.